The van der Waals surface area contributed by atoms with Crippen molar-refractivity contribution in [2.75, 3.05) is 13.1 Å². The van der Waals surface area contributed by atoms with E-state index in [1.54, 1.807) is 0 Å². The quantitative estimate of drug-likeness (QED) is 0.459. The molecule has 158 valence electrons. The minimum absolute atomic E-state index is 0. The molecule has 0 spiro atoms. The lowest BCUT2D eigenvalue weighted by Crippen LogP contribution is -2.39. The summed E-state index contributed by atoms with van der Waals surface area (Å²) in [5.74, 6) is 0.203. The molecule has 2 aromatic heterocycles. The third-order valence-corrected chi connectivity index (χ3v) is 5.96. The van der Waals surface area contributed by atoms with Crippen LogP contribution in [0.5, 0.6) is 0 Å². The highest BCUT2D eigenvalue weighted by molar-refractivity contribution is 5.85. The Morgan fingerprint density at radius 3 is 2.32 bits per heavy atom. The standard InChI is InChI=1S/C25H24N4O.ClH/c30-24(17-19-8-10-21(11-9-19)20-5-2-1-3-6-20)28-15-12-22(13-16-28)29-18-27-23-7-4-14-26-25(23)29;/h1-11,14,18,22H,12-13,15-17H2;1H. The normalized spacial score (nSPS) is 14.4. The zero-order valence-corrected chi connectivity index (χ0v) is 18.0. The molecule has 4 aromatic rings. The van der Waals surface area contributed by atoms with Gasteiger partial charge in [0.1, 0.15) is 5.52 Å². The lowest BCUT2D eigenvalue weighted by molar-refractivity contribution is -0.131. The van der Waals surface area contributed by atoms with Gasteiger partial charge in [0, 0.05) is 25.3 Å². The number of carbonyl (C=O) groups is 1. The van der Waals surface area contributed by atoms with Gasteiger partial charge in [0.15, 0.2) is 5.65 Å². The minimum Gasteiger partial charge on any atom is -0.342 e. The molecule has 2 aromatic carbocycles. The highest BCUT2D eigenvalue weighted by Gasteiger charge is 2.25. The number of nitrogens with zero attached hydrogens (tertiary/aromatic N) is 4. The zero-order chi connectivity index (χ0) is 20.3. The van der Waals surface area contributed by atoms with Crippen LogP contribution in [-0.4, -0.2) is 38.4 Å². The summed E-state index contributed by atoms with van der Waals surface area (Å²) >= 11 is 0. The molecule has 0 saturated carbocycles. The predicted octanol–water partition coefficient (Wildman–Crippen LogP) is 4.93. The molecule has 5 rings (SSSR count). The monoisotopic (exact) mass is 432 g/mol. The maximum absolute atomic E-state index is 12.8. The van der Waals surface area contributed by atoms with Crippen molar-refractivity contribution in [2.24, 2.45) is 0 Å². The van der Waals surface area contributed by atoms with Crippen molar-refractivity contribution in [3.05, 3.63) is 84.8 Å². The van der Waals surface area contributed by atoms with Crippen LogP contribution in [0.25, 0.3) is 22.3 Å². The maximum atomic E-state index is 12.8. The number of amides is 1. The van der Waals surface area contributed by atoms with Gasteiger partial charge in [0.2, 0.25) is 5.91 Å². The first-order chi connectivity index (χ1) is 14.8. The predicted molar refractivity (Wildman–Crippen MR) is 125 cm³/mol. The molecule has 0 bridgehead atoms. The van der Waals surface area contributed by atoms with E-state index in [0.29, 0.717) is 12.5 Å². The lowest BCUT2D eigenvalue weighted by Gasteiger charge is -2.32. The number of hydrogen-bond donors (Lipinski definition) is 0. The summed E-state index contributed by atoms with van der Waals surface area (Å²) in [5, 5.41) is 0. The molecule has 0 unspecified atom stereocenters. The number of halogens is 1. The first-order valence-corrected chi connectivity index (χ1v) is 10.5. The van der Waals surface area contributed by atoms with Crippen molar-refractivity contribution >= 4 is 29.5 Å². The van der Waals surface area contributed by atoms with Crippen molar-refractivity contribution in [1.29, 1.82) is 0 Å². The average molecular weight is 433 g/mol. The van der Waals surface area contributed by atoms with Crippen molar-refractivity contribution in [3.8, 4) is 11.1 Å². The van der Waals surface area contributed by atoms with Gasteiger partial charge in [0.05, 0.1) is 12.7 Å². The molecule has 31 heavy (non-hydrogen) atoms. The number of pyridine rings is 1. The summed E-state index contributed by atoms with van der Waals surface area (Å²) in [6.07, 6.45) is 6.01. The summed E-state index contributed by atoms with van der Waals surface area (Å²) in [7, 11) is 0. The second-order valence-corrected chi connectivity index (χ2v) is 7.85. The topological polar surface area (TPSA) is 51.0 Å². The summed E-state index contributed by atoms with van der Waals surface area (Å²) in [5.41, 5.74) is 5.29. The molecule has 0 aliphatic carbocycles. The first-order valence-electron chi connectivity index (χ1n) is 10.5. The van der Waals surface area contributed by atoms with Crippen LogP contribution in [0.1, 0.15) is 24.4 Å². The van der Waals surface area contributed by atoms with Gasteiger partial charge in [0.25, 0.3) is 0 Å². The number of piperidine rings is 1. The van der Waals surface area contributed by atoms with Gasteiger partial charge in [-0.05, 0) is 41.7 Å². The molecule has 0 N–H and O–H groups in total. The van der Waals surface area contributed by atoms with E-state index in [0.717, 1.165) is 42.7 Å². The van der Waals surface area contributed by atoms with Crippen molar-refractivity contribution in [1.82, 2.24) is 19.4 Å². The van der Waals surface area contributed by atoms with E-state index in [1.165, 1.54) is 11.1 Å². The molecular weight excluding hydrogens is 408 g/mol. The molecule has 0 atom stereocenters. The van der Waals surface area contributed by atoms with E-state index in [9.17, 15) is 4.79 Å². The van der Waals surface area contributed by atoms with E-state index in [-0.39, 0.29) is 18.3 Å². The van der Waals surface area contributed by atoms with Crippen LogP contribution >= 0.6 is 12.4 Å². The fraction of sp³-hybridized carbons (Fsp3) is 0.240. The molecule has 5 nitrogen and oxygen atoms in total. The van der Waals surface area contributed by atoms with Crippen molar-refractivity contribution in [2.45, 2.75) is 25.3 Å². The smallest absolute Gasteiger partial charge is 0.226 e. The van der Waals surface area contributed by atoms with Crippen LogP contribution in [0.2, 0.25) is 0 Å². The van der Waals surface area contributed by atoms with E-state index in [1.807, 2.05) is 47.8 Å². The molecule has 1 fully saturated rings. The summed E-state index contributed by atoms with van der Waals surface area (Å²) in [6, 6.07) is 22.9. The maximum Gasteiger partial charge on any atom is 0.226 e. The zero-order valence-electron chi connectivity index (χ0n) is 17.2. The number of rotatable bonds is 4. The Labute approximate surface area is 188 Å². The largest absolute Gasteiger partial charge is 0.342 e. The highest BCUT2D eigenvalue weighted by atomic mass is 35.5. The molecule has 1 aliphatic rings. The van der Waals surface area contributed by atoms with E-state index < -0.39 is 0 Å². The Morgan fingerprint density at radius 1 is 0.871 bits per heavy atom. The molecular formula is C25H25ClN4O. The fourth-order valence-corrected chi connectivity index (χ4v) is 4.26. The highest BCUT2D eigenvalue weighted by Crippen LogP contribution is 2.26. The molecule has 1 amide bonds. The second-order valence-electron chi connectivity index (χ2n) is 7.85. The van der Waals surface area contributed by atoms with Gasteiger partial charge in [-0.2, -0.15) is 0 Å². The molecule has 3 heterocycles. The summed E-state index contributed by atoms with van der Waals surface area (Å²) < 4.78 is 2.17. The first kappa shape index (κ1) is 21.1. The van der Waals surface area contributed by atoms with Crippen LogP contribution in [0.15, 0.2) is 79.3 Å². The van der Waals surface area contributed by atoms with Gasteiger partial charge in [-0.25, -0.2) is 9.97 Å². The number of fused-ring (bicyclic) bond motifs is 1. The fourth-order valence-electron chi connectivity index (χ4n) is 4.26. The number of imidazole rings is 1. The van der Waals surface area contributed by atoms with E-state index in [4.69, 9.17) is 0 Å². The number of aromatic nitrogens is 3. The van der Waals surface area contributed by atoms with Gasteiger partial charge < -0.3 is 9.47 Å². The molecule has 0 radical (unpaired) electrons. The lowest BCUT2D eigenvalue weighted by atomic mass is 10.0. The number of likely N-dealkylation sites (tertiary alicyclic amines) is 1. The van der Waals surface area contributed by atoms with Gasteiger partial charge in [-0.1, -0.05) is 54.6 Å². The summed E-state index contributed by atoms with van der Waals surface area (Å²) in [4.78, 5) is 23.7. The Kier molecular flexibility index (Phi) is 6.33. The Bertz CT molecular complexity index is 1150. The number of benzene rings is 2. The Morgan fingerprint density at radius 2 is 1.58 bits per heavy atom. The van der Waals surface area contributed by atoms with Crippen LogP contribution in [0.3, 0.4) is 0 Å². The SMILES string of the molecule is Cl.O=C(Cc1ccc(-c2ccccc2)cc1)N1CCC(n2cnc3cccnc32)CC1. The average Bonchev–Trinajstić information content (AvgIpc) is 3.24. The molecule has 6 heteroatoms. The van der Waals surface area contributed by atoms with Crippen molar-refractivity contribution in [3.63, 3.8) is 0 Å². The van der Waals surface area contributed by atoms with Gasteiger partial charge in [-0.15, -0.1) is 12.4 Å². The number of carbonyl (C=O) groups excluding carboxylic acids is 1. The Hall–Kier alpha value is -3.18. The van der Waals surface area contributed by atoms with Crippen molar-refractivity contribution < 1.29 is 4.79 Å². The van der Waals surface area contributed by atoms with Crippen LogP contribution in [-0.2, 0) is 11.2 Å². The minimum atomic E-state index is 0. The van der Waals surface area contributed by atoms with E-state index in [2.05, 4.69) is 50.9 Å². The second kappa shape index (κ2) is 9.31. The van der Waals surface area contributed by atoms with Gasteiger partial charge in [-0.3, -0.25) is 4.79 Å². The van der Waals surface area contributed by atoms with Gasteiger partial charge >= 0.3 is 0 Å². The van der Waals surface area contributed by atoms with Crippen LogP contribution in [0.4, 0.5) is 0 Å². The van der Waals surface area contributed by atoms with Crippen LogP contribution in [0, 0.1) is 0 Å². The van der Waals surface area contributed by atoms with Crippen LogP contribution < -0.4 is 0 Å². The third kappa shape index (κ3) is 4.47. The third-order valence-electron chi connectivity index (χ3n) is 5.96. The molecule has 1 aliphatic heterocycles. The van der Waals surface area contributed by atoms with E-state index >= 15 is 0 Å². The Balaban J connectivity index is 0.00000231. The molecule has 1 saturated heterocycles. The summed E-state index contributed by atoms with van der Waals surface area (Å²) in [6.45, 7) is 1.55. The number of hydrogen-bond acceptors (Lipinski definition) is 3.